The number of phenolic OH excluding ortho intramolecular Hbond substituents is 1. The summed E-state index contributed by atoms with van der Waals surface area (Å²) in [7, 11) is 0. The minimum absolute atomic E-state index is 0.0376. The highest BCUT2D eigenvalue weighted by Gasteiger charge is 2.15. The van der Waals surface area contributed by atoms with Crippen LogP contribution >= 0.6 is 11.3 Å². The number of nitrogens with one attached hydrogen (secondary N) is 2. The van der Waals surface area contributed by atoms with Gasteiger partial charge >= 0.3 is 0 Å². The van der Waals surface area contributed by atoms with Gasteiger partial charge in [-0.05, 0) is 43.0 Å². The van der Waals surface area contributed by atoms with Gasteiger partial charge in [0.15, 0.2) is 5.49 Å². The van der Waals surface area contributed by atoms with Gasteiger partial charge in [0.1, 0.15) is 10.4 Å². The number of fused-ring (bicyclic) bond motifs is 1. The van der Waals surface area contributed by atoms with E-state index in [2.05, 4.69) is 10.1 Å². The highest BCUT2D eigenvalue weighted by atomic mass is 32.1. The van der Waals surface area contributed by atoms with Crippen molar-refractivity contribution in [3.8, 4) is 10.9 Å². The molecule has 1 aromatic carbocycles. The lowest BCUT2D eigenvalue weighted by Gasteiger charge is -2.25. The average molecular weight is 397 g/mol. The summed E-state index contributed by atoms with van der Waals surface area (Å²) in [5.41, 5.74) is 0.124. The Bertz CT molecular complexity index is 1220. The van der Waals surface area contributed by atoms with Crippen LogP contribution in [0.5, 0.6) is 5.75 Å². The zero-order chi connectivity index (χ0) is 19.7. The molecule has 1 fully saturated rings. The first-order valence-corrected chi connectivity index (χ1v) is 9.81. The Labute approximate surface area is 163 Å². The second-order valence-electron chi connectivity index (χ2n) is 6.64. The Hall–Kier alpha value is -3.20. The van der Waals surface area contributed by atoms with Gasteiger partial charge in [-0.2, -0.15) is 4.98 Å². The topological polar surface area (TPSA) is 115 Å². The third-order valence-corrected chi connectivity index (χ3v) is 5.53. The monoisotopic (exact) mass is 397 g/mol. The van der Waals surface area contributed by atoms with E-state index in [9.17, 15) is 14.7 Å². The Morgan fingerprint density at radius 1 is 1.21 bits per heavy atom. The fourth-order valence-corrected chi connectivity index (χ4v) is 4.01. The van der Waals surface area contributed by atoms with Crippen molar-refractivity contribution in [3.63, 3.8) is 0 Å². The summed E-state index contributed by atoms with van der Waals surface area (Å²) in [4.78, 5) is 30.7. The number of aromatic nitrogens is 3. The van der Waals surface area contributed by atoms with Gasteiger partial charge in [-0.3, -0.25) is 20.1 Å². The molecule has 3 aliphatic heterocycles. The smallest absolute Gasteiger partial charge is 0.283 e. The Kier molecular flexibility index (Phi) is 4.82. The number of hydrogen-bond acceptors (Lipinski definition) is 6. The lowest BCUT2D eigenvalue weighted by Crippen LogP contribution is -2.47. The molecule has 0 saturated carbocycles. The van der Waals surface area contributed by atoms with Gasteiger partial charge < -0.3 is 10.0 Å². The predicted molar refractivity (Wildman–Crippen MR) is 105 cm³/mol. The number of rotatable bonds is 2. The summed E-state index contributed by atoms with van der Waals surface area (Å²) in [6, 6.07) is 6.32. The maximum Gasteiger partial charge on any atom is 0.283 e. The summed E-state index contributed by atoms with van der Waals surface area (Å²) in [6.07, 6.45) is 6.22. The van der Waals surface area contributed by atoms with Crippen molar-refractivity contribution in [2.45, 2.75) is 19.3 Å². The summed E-state index contributed by atoms with van der Waals surface area (Å²) in [6.45, 7) is 1.51. The molecule has 0 unspecified atom stereocenters. The van der Waals surface area contributed by atoms with E-state index in [1.807, 2.05) is 4.90 Å². The molecule has 4 rings (SSSR count). The van der Waals surface area contributed by atoms with E-state index in [4.69, 9.17) is 5.41 Å². The second-order valence-corrected chi connectivity index (χ2v) is 7.65. The van der Waals surface area contributed by atoms with Crippen molar-refractivity contribution in [3.05, 3.63) is 55.6 Å². The molecular formula is C19H19N5O3S. The highest BCUT2D eigenvalue weighted by Crippen LogP contribution is 2.10. The second kappa shape index (κ2) is 7.43. The molecule has 3 N–H and O–H groups in total. The summed E-state index contributed by atoms with van der Waals surface area (Å²) >= 11 is 1.16. The van der Waals surface area contributed by atoms with Crippen molar-refractivity contribution >= 4 is 29.4 Å². The number of benzene rings is 1. The van der Waals surface area contributed by atoms with Crippen LogP contribution in [-0.4, -0.2) is 43.8 Å². The zero-order valence-electron chi connectivity index (χ0n) is 15.0. The Morgan fingerprint density at radius 2 is 1.93 bits per heavy atom. The highest BCUT2D eigenvalue weighted by molar-refractivity contribution is 7.11. The molecule has 3 aliphatic rings. The van der Waals surface area contributed by atoms with Gasteiger partial charge in [-0.15, -0.1) is 0 Å². The quantitative estimate of drug-likeness (QED) is 0.559. The van der Waals surface area contributed by atoms with Crippen LogP contribution < -0.4 is 20.9 Å². The number of likely N-dealkylation sites (tertiary alicyclic amines) is 1. The molecule has 0 radical (unpaired) electrons. The average Bonchev–Trinajstić information content (AvgIpc) is 3.09. The minimum Gasteiger partial charge on any atom is -0.508 e. The first kappa shape index (κ1) is 18.2. The van der Waals surface area contributed by atoms with Crippen LogP contribution in [0, 0.1) is 5.41 Å². The largest absolute Gasteiger partial charge is 0.508 e. The van der Waals surface area contributed by atoms with Crippen molar-refractivity contribution in [1.29, 1.82) is 5.41 Å². The molecule has 144 valence electrons. The first-order valence-electron chi connectivity index (χ1n) is 8.99. The maximum absolute atomic E-state index is 12.4. The SMILES string of the molecule is N=c1/c(=C/c2ccc(O)cc2)c(=O)nc2s/c(=C/C(=O)N3CCCCC3)[nH]n1-2. The number of hydrogen-bond donors (Lipinski definition) is 3. The molecule has 0 aliphatic carbocycles. The Morgan fingerprint density at radius 3 is 2.64 bits per heavy atom. The van der Waals surface area contributed by atoms with Crippen LogP contribution in [-0.2, 0) is 4.79 Å². The minimum atomic E-state index is -0.512. The summed E-state index contributed by atoms with van der Waals surface area (Å²) < 4.78 is 1.94. The zero-order valence-corrected chi connectivity index (χ0v) is 15.8. The van der Waals surface area contributed by atoms with Crippen molar-refractivity contribution in [2.75, 3.05) is 13.1 Å². The molecule has 0 atom stereocenters. The van der Waals surface area contributed by atoms with E-state index in [0.29, 0.717) is 15.4 Å². The first-order chi connectivity index (χ1) is 13.5. The third-order valence-electron chi connectivity index (χ3n) is 4.65. The molecule has 8 nitrogen and oxygen atoms in total. The van der Waals surface area contributed by atoms with E-state index >= 15 is 0 Å². The molecule has 28 heavy (non-hydrogen) atoms. The molecule has 3 heterocycles. The van der Waals surface area contributed by atoms with Gasteiger partial charge in [0, 0.05) is 19.2 Å². The van der Waals surface area contributed by atoms with Crippen LogP contribution in [0.25, 0.3) is 17.3 Å². The number of amides is 1. The number of aromatic hydroxyl groups is 1. The fraction of sp³-hybridized carbons (Fsp3) is 0.263. The van der Waals surface area contributed by atoms with E-state index in [1.54, 1.807) is 18.2 Å². The molecule has 9 heteroatoms. The number of carbonyl (C=O) groups is 1. The number of carbonyl (C=O) groups excluding carboxylic acids is 1. The fourth-order valence-electron chi connectivity index (χ4n) is 3.16. The molecular weight excluding hydrogens is 378 g/mol. The van der Waals surface area contributed by atoms with Crippen molar-refractivity contribution in [2.24, 2.45) is 0 Å². The van der Waals surface area contributed by atoms with E-state index in [-0.39, 0.29) is 22.4 Å². The molecule has 0 bridgehead atoms. The van der Waals surface area contributed by atoms with Crippen molar-refractivity contribution < 1.29 is 9.90 Å². The van der Waals surface area contributed by atoms with E-state index in [0.717, 1.165) is 43.7 Å². The molecule has 1 amide bonds. The lowest BCUT2D eigenvalue weighted by molar-refractivity contribution is -0.125. The normalized spacial score (nSPS) is 16.1. The molecule has 0 spiro atoms. The van der Waals surface area contributed by atoms with Crippen molar-refractivity contribution in [1.82, 2.24) is 19.7 Å². The van der Waals surface area contributed by atoms with Crippen LogP contribution in [0.2, 0.25) is 0 Å². The standard InChI is InChI=1S/C19H19N5O3S/c20-17-14(10-12-4-6-13(25)7-5-12)18(27)21-19-24(17)22-15(28-19)11-16(26)23-8-2-1-3-9-23/h4-7,10-11,20,22,25H,1-3,8-9H2/b14-10-,15-11+,20-17?. The van der Waals surface area contributed by atoms with Crippen LogP contribution in [0.4, 0.5) is 0 Å². The van der Waals surface area contributed by atoms with E-state index < -0.39 is 5.56 Å². The van der Waals surface area contributed by atoms with Gasteiger partial charge in [-0.1, -0.05) is 23.5 Å². The van der Waals surface area contributed by atoms with Gasteiger partial charge in [0.25, 0.3) is 5.56 Å². The number of phenols is 1. The van der Waals surface area contributed by atoms with E-state index in [1.165, 1.54) is 22.9 Å². The number of nitrogens with zero attached hydrogens (tertiary/aromatic N) is 3. The number of H-pyrrole nitrogens is 1. The predicted octanol–water partition coefficient (Wildman–Crippen LogP) is -0.133. The van der Waals surface area contributed by atoms with Crippen LogP contribution in [0.3, 0.4) is 0 Å². The summed E-state index contributed by atoms with van der Waals surface area (Å²) in [5, 5.41) is 21.2. The number of aromatic amines is 1. The lowest BCUT2D eigenvalue weighted by atomic mass is 10.1. The molecule has 1 saturated heterocycles. The van der Waals surface area contributed by atoms with Gasteiger partial charge in [-0.25, -0.2) is 4.68 Å². The third kappa shape index (κ3) is 3.61. The van der Waals surface area contributed by atoms with Crippen LogP contribution in [0.1, 0.15) is 24.8 Å². The van der Waals surface area contributed by atoms with Gasteiger partial charge in [0.2, 0.25) is 11.0 Å². The molecule has 0 aromatic heterocycles. The number of piperidine rings is 1. The van der Waals surface area contributed by atoms with Gasteiger partial charge in [0.05, 0.1) is 5.22 Å². The maximum atomic E-state index is 12.4. The van der Waals surface area contributed by atoms with Crippen LogP contribution in [0.15, 0.2) is 29.1 Å². The Balaban J connectivity index is 1.78. The summed E-state index contributed by atoms with van der Waals surface area (Å²) in [5.74, 6) is 0.0473. The molecule has 1 aromatic rings.